The van der Waals surface area contributed by atoms with Crippen molar-refractivity contribution in [3.05, 3.63) is 0 Å². The van der Waals surface area contributed by atoms with Crippen molar-refractivity contribution in [2.24, 2.45) is 5.84 Å². The molecule has 0 radical (unpaired) electrons. The molecule has 0 aliphatic carbocycles. The Morgan fingerprint density at radius 1 is 1.25 bits per heavy atom. The zero-order chi connectivity index (χ0) is 14.7. The Hall–Kier alpha value is -2.49. The lowest BCUT2D eigenvalue weighted by Gasteiger charge is -2.22. The largest absolute Gasteiger partial charge is 0.347 e. The molecule has 1 fully saturated rings. The summed E-state index contributed by atoms with van der Waals surface area (Å²) in [6, 6.07) is -0.560. The minimum atomic E-state index is -0.560. The number of carbonyl (C=O) groups excluding carboxylic acids is 2. The van der Waals surface area contributed by atoms with Crippen molar-refractivity contribution in [3.8, 4) is 0 Å². The van der Waals surface area contributed by atoms with Gasteiger partial charge in [-0.15, -0.1) is 0 Å². The molecule has 1 atom stereocenters. The Morgan fingerprint density at radius 2 is 1.95 bits per heavy atom. The van der Waals surface area contributed by atoms with Crippen molar-refractivity contribution in [2.45, 2.75) is 18.9 Å². The summed E-state index contributed by atoms with van der Waals surface area (Å²) in [5.74, 6) is 5.41. The maximum atomic E-state index is 11.7. The van der Waals surface area contributed by atoms with Crippen molar-refractivity contribution in [3.63, 3.8) is 0 Å². The second kappa shape index (κ2) is 5.65. The van der Waals surface area contributed by atoms with Gasteiger partial charge in [-0.1, -0.05) is 0 Å². The molecular weight excluding hydrogens is 264 g/mol. The second-order valence-corrected chi connectivity index (χ2v) is 4.47. The van der Waals surface area contributed by atoms with Crippen molar-refractivity contribution < 1.29 is 9.59 Å². The molecule has 1 aromatic heterocycles. The average molecular weight is 280 g/mol. The third-order valence-corrected chi connectivity index (χ3v) is 2.70. The van der Waals surface area contributed by atoms with Gasteiger partial charge in [0, 0.05) is 20.5 Å². The van der Waals surface area contributed by atoms with E-state index in [9.17, 15) is 9.59 Å². The van der Waals surface area contributed by atoms with Crippen LogP contribution in [0.4, 0.5) is 17.8 Å². The first-order valence-corrected chi connectivity index (χ1v) is 6.00. The zero-order valence-corrected chi connectivity index (χ0v) is 11.2. The molecule has 10 nitrogen and oxygen atoms in total. The minimum absolute atomic E-state index is 0.179. The van der Waals surface area contributed by atoms with Gasteiger partial charge in [0.25, 0.3) is 0 Å². The lowest BCUT2D eigenvalue weighted by atomic mass is 10.1. The molecule has 2 rings (SSSR count). The van der Waals surface area contributed by atoms with Gasteiger partial charge in [-0.25, -0.2) is 5.84 Å². The van der Waals surface area contributed by atoms with E-state index in [0.29, 0.717) is 12.4 Å². The average Bonchev–Trinajstić information content (AvgIpc) is 2.41. The monoisotopic (exact) mass is 280 g/mol. The summed E-state index contributed by atoms with van der Waals surface area (Å²) in [5.41, 5.74) is 2.33. The number of hydrazine groups is 1. The summed E-state index contributed by atoms with van der Waals surface area (Å²) < 4.78 is 0. The molecule has 2 amide bonds. The second-order valence-electron chi connectivity index (χ2n) is 4.47. The third kappa shape index (κ3) is 3.09. The number of hydrogen-bond donors (Lipinski definition) is 4. The molecule has 1 aliphatic rings. The number of piperidine rings is 1. The van der Waals surface area contributed by atoms with Gasteiger partial charge < -0.3 is 10.2 Å². The number of nitrogen functional groups attached to an aromatic ring is 1. The molecule has 1 aliphatic heterocycles. The molecule has 1 unspecified atom stereocenters. The number of aromatic nitrogens is 3. The summed E-state index contributed by atoms with van der Waals surface area (Å²) in [4.78, 5) is 36.7. The zero-order valence-electron chi connectivity index (χ0n) is 11.2. The van der Waals surface area contributed by atoms with Gasteiger partial charge in [-0.3, -0.25) is 20.3 Å². The molecule has 0 bridgehead atoms. The van der Waals surface area contributed by atoms with E-state index in [0.717, 1.165) is 0 Å². The van der Waals surface area contributed by atoms with E-state index in [1.807, 2.05) is 0 Å². The molecule has 1 saturated heterocycles. The highest BCUT2D eigenvalue weighted by molar-refractivity contribution is 6.01. The van der Waals surface area contributed by atoms with Crippen LogP contribution in [0.1, 0.15) is 12.8 Å². The van der Waals surface area contributed by atoms with E-state index in [-0.39, 0.29) is 24.2 Å². The fraction of sp³-hybridized carbons (Fsp3) is 0.500. The molecular formula is C10H16N8O2. The van der Waals surface area contributed by atoms with Crippen molar-refractivity contribution in [1.82, 2.24) is 20.3 Å². The van der Waals surface area contributed by atoms with E-state index < -0.39 is 11.9 Å². The molecule has 5 N–H and O–H groups in total. The summed E-state index contributed by atoms with van der Waals surface area (Å²) in [7, 11) is 3.54. The van der Waals surface area contributed by atoms with Crippen LogP contribution in [0.5, 0.6) is 0 Å². The highest BCUT2D eigenvalue weighted by Gasteiger charge is 2.27. The molecule has 20 heavy (non-hydrogen) atoms. The summed E-state index contributed by atoms with van der Waals surface area (Å²) >= 11 is 0. The predicted molar refractivity (Wildman–Crippen MR) is 71.8 cm³/mol. The van der Waals surface area contributed by atoms with Gasteiger partial charge >= 0.3 is 0 Å². The van der Waals surface area contributed by atoms with Crippen LogP contribution in [0.25, 0.3) is 0 Å². The summed E-state index contributed by atoms with van der Waals surface area (Å²) in [6.45, 7) is 0. The molecule has 0 spiro atoms. The number of nitrogens with one attached hydrogen (secondary N) is 3. The van der Waals surface area contributed by atoms with Gasteiger partial charge in [-0.05, 0) is 6.42 Å². The Morgan fingerprint density at radius 3 is 2.55 bits per heavy atom. The van der Waals surface area contributed by atoms with Crippen molar-refractivity contribution >= 4 is 29.7 Å². The summed E-state index contributed by atoms with van der Waals surface area (Å²) in [6.07, 6.45) is 0.663. The predicted octanol–water partition coefficient (Wildman–Crippen LogP) is -1.56. The molecule has 0 aromatic carbocycles. The first-order chi connectivity index (χ1) is 9.49. The Bertz CT molecular complexity index is 532. The quantitative estimate of drug-likeness (QED) is 0.293. The molecule has 2 heterocycles. The van der Waals surface area contributed by atoms with E-state index in [1.165, 1.54) is 0 Å². The van der Waals surface area contributed by atoms with Crippen LogP contribution in [-0.4, -0.2) is 46.9 Å². The minimum Gasteiger partial charge on any atom is -0.347 e. The number of rotatable bonds is 4. The standard InChI is InChI=1S/C10H16N8O2/c1-18(2)10-15-8(14-9(16-10)17-11)12-5-3-4-6(19)13-7(5)20/h5H,3-4,11H2,1-2H3,(H,13,19,20)(H2,12,14,15,16,17). The number of imide groups is 1. The van der Waals surface area contributed by atoms with Gasteiger partial charge in [0.15, 0.2) is 0 Å². The van der Waals surface area contributed by atoms with E-state index in [2.05, 4.69) is 31.0 Å². The molecule has 10 heteroatoms. The number of carbonyl (C=O) groups is 2. The fourth-order valence-corrected chi connectivity index (χ4v) is 1.68. The van der Waals surface area contributed by atoms with Crippen LogP contribution < -0.4 is 26.8 Å². The van der Waals surface area contributed by atoms with Crippen LogP contribution in [0, 0.1) is 0 Å². The highest BCUT2D eigenvalue weighted by Crippen LogP contribution is 2.14. The van der Waals surface area contributed by atoms with Crippen molar-refractivity contribution in [1.29, 1.82) is 0 Å². The van der Waals surface area contributed by atoms with Gasteiger partial charge in [-0.2, -0.15) is 15.0 Å². The molecule has 0 saturated carbocycles. The molecule has 108 valence electrons. The van der Waals surface area contributed by atoms with Crippen LogP contribution in [0.15, 0.2) is 0 Å². The van der Waals surface area contributed by atoms with E-state index in [1.54, 1.807) is 19.0 Å². The molecule has 1 aromatic rings. The van der Waals surface area contributed by atoms with Gasteiger partial charge in [0.1, 0.15) is 6.04 Å². The lowest BCUT2D eigenvalue weighted by molar-refractivity contribution is -0.133. The number of nitrogens with zero attached hydrogens (tertiary/aromatic N) is 4. The smallest absolute Gasteiger partial charge is 0.249 e. The van der Waals surface area contributed by atoms with Crippen LogP contribution in [0.3, 0.4) is 0 Å². The third-order valence-electron chi connectivity index (χ3n) is 2.70. The Kier molecular flexibility index (Phi) is 3.94. The van der Waals surface area contributed by atoms with Crippen LogP contribution in [-0.2, 0) is 9.59 Å². The van der Waals surface area contributed by atoms with E-state index in [4.69, 9.17) is 5.84 Å². The number of nitrogens with two attached hydrogens (primary N) is 1. The SMILES string of the molecule is CN(C)c1nc(NN)nc(NC2CCC(=O)NC2=O)n1. The topological polar surface area (TPSA) is 138 Å². The lowest BCUT2D eigenvalue weighted by Crippen LogP contribution is -2.47. The summed E-state index contributed by atoms with van der Waals surface area (Å²) in [5, 5.41) is 5.13. The number of anilines is 3. The maximum absolute atomic E-state index is 11.7. The van der Waals surface area contributed by atoms with Gasteiger partial charge in [0.05, 0.1) is 0 Å². The van der Waals surface area contributed by atoms with Crippen LogP contribution in [0.2, 0.25) is 0 Å². The van der Waals surface area contributed by atoms with Gasteiger partial charge in [0.2, 0.25) is 29.7 Å². The number of hydrogen-bond acceptors (Lipinski definition) is 9. The maximum Gasteiger partial charge on any atom is 0.249 e. The fourth-order valence-electron chi connectivity index (χ4n) is 1.68. The first kappa shape index (κ1) is 13.9. The number of amides is 2. The Balaban J connectivity index is 2.18. The Labute approximate surface area is 115 Å². The highest BCUT2D eigenvalue weighted by atomic mass is 16.2. The van der Waals surface area contributed by atoms with Crippen LogP contribution >= 0.6 is 0 Å². The van der Waals surface area contributed by atoms with Crippen molar-refractivity contribution in [2.75, 3.05) is 29.7 Å². The normalized spacial score (nSPS) is 18.4. The van der Waals surface area contributed by atoms with E-state index >= 15 is 0 Å². The first-order valence-electron chi connectivity index (χ1n) is 6.00.